The number of hydrogen-bond donors (Lipinski definition) is 0. The van der Waals surface area contributed by atoms with Crippen molar-refractivity contribution in [2.24, 2.45) is 11.8 Å². The van der Waals surface area contributed by atoms with Crippen LogP contribution in [0.5, 0.6) is 0 Å². The maximum Gasteiger partial charge on any atom is 0.225 e. The molecular weight excluding hydrogens is 210 g/mol. The third kappa shape index (κ3) is 5.10. The number of nitrogens with zero attached hydrogens (tertiary/aromatic N) is 1. The van der Waals surface area contributed by atoms with Crippen LogP contribution < -0.4 is 0 Å². The van der Waals surface area contributed by atoms with Crippen LogP contribution in [0.25, 0.3) is 0 Å². The highest BCUT2D eigenvalue weighted by molar-refractivity contribution is 5.79. The molecule has 1 aliphatic rings. The predicted octanol–water partition coefficient (Wildman–Crippen LogP) is 3.85. The van der Waals surface area contributed by atoms with Crippen molar-refractivity contribution >= 4 is 5.91 Å². The van der Waals surface area contributed by atoms with Crippen molar-refractivity contribution in [3.8, 4) is 0 Å². The lowest BCUT2D eigenvalue weighted by molar-refractivity contribution is -0.135. The van der Waals surface area contributed by atoms with E-state index in [0.29, 0.717) is 17.7 Å². The van der Waals surface area contributed by atoms with Crippen molar-refractivity contribution in [3.63, 3.8) is 0 Å². The highest BCUT2D eigenvalue weighted by atomic mass is 16.2. The van der Waals surface area contributed by atoms with Gasteiger partial charge in [0, 0.05) is 19.0 Å². The van der Waals surface area contributed by atoms with E-state index in [0.717, 1.165) is 38.8 Å². The maximum atomic E-state index is 12.4. The molecule has 0 aromatic heterocycles. The number of carbonyl (C=O) groups excluding carboxylic acids is 1. The van der Waals surface area contributed by atoms with E-state index >= 15 is 0 Å². The first-order valence-electron chi connectivity index (χ1n) is 7.44. The van der Waals surface area contributed by atoms with Crippen LogP contribution in [0.2, 0.25) is 0 Å². The molecule has 1 fully saturated rings. The van der Waals surface area contributed by atoms with Crippen molar-refractivity contribution in [1.29, 1.82) is 0 Å². The Morgan fingerprint density at radius 3 is 2.41 bits per heavy atom. The molecule has 2 heteroatoms. The van der Waals surface area contributed by atoms with E-state index in [1.54, 1.807) is 0 Å². The third-order valence-electron chi connectivity index (χ3n) is 3.77. The molecule has 0 bridgehead atoms. The molecule has 0 saturated heterocycles. The summed E-state index contributed by atoms with van der Waals surface area (Å²) in [5, 5.41) is 0. The van der Waals surface area contributed by atoms with Crippen molar-refractivity contribution in [3.05, 3.63) is 0 Å². The topological polar surface area (TPSA) is 20.3 Å². The maximum absolute atomic E-state index is 12.4. The summed E-state index contributed by atoms with van der Waals surface area (Å²) in [6, 6.07) is 0. The molecule has 1 amide bonds. The first-order valence-corrected chi connectivity index (χ1v) is 7.44. The Morgan fingerprint density at radius 2 is 1.88 bits per heavy atom. The molecule has 0 N–H and O–H groups in total. The monoisotopic (exact) mass is 239 g/mol. The fourth-order valence-corrected chi connectivity index (χ4v) is 2.53. The van der Waals surface area contributed by atoms with Gasteiger partial charge in [0.05, 0.1) is 0 Å². The number of rotatable bonds is 7. The summed E-state index contributed by atoms with van der Waals surface area (Å²) in [5.41, 5.74) is 0. The Morgan fingerprint density at radius 1 is 1.24 bits per heavy atom. The second-order valence-corrected chi connectivity index (χ2v) is 5.84. The van der Waals surface area contributed by atoms with E-state index in [9.17, 15) is 4.79 Å². The summed E-state index contributed by atoms with van der Waals surface area (Å²) in [6.45, 7) is 8.60. The van der Waals surface area contributed by atoms with Crippen LogP contribution in [0, 0.1) is 11.8 Å². The summed E-state index contributed by atoms with van der Waals surface area (Å²) >= 11 is 0. The van der Waals surface area contributed by atoms with E-state index in [-0.39, 0.29) is 0 Å². The van der Waals surface area contributed by atoms with Crippen LogP contribution in [0.1, 0.15) is 65.7 Å². The standard InChI is InChI=1S/C15H29NO/c1-4-5-11-16(12-10-13(2)3)15(17)14-8-6-7-9-14/h13-14H,4-12H2,1-3H3. The molecule has 1 aliphatic carbocycles. The SMILES string of the molecule is CCCCN(CCC(C)C)C(=O)C1CCCC1. The van der Waals surface area contributed by atoms with Gasteiger partial charge < -0.3 is 4.90 Å². The average molecular weight is 239 g/mol. The zero-order valence-corrected chi connectivity index (χ0v) is 11.9. The quantitative estimate of drug-likeness (QED) is 0.661. The van der Waals surface area contributed by atoms with Gasteiger partial charge in [0.2, 0.25) is 5.91 Å². The van der Waals surface area contributed by atoms with Crippen LogP contribution in [-0.4, -0.2) is 23.9 Å². The molecule has 0 aromatic carbocycles. The number of amides is 1. The van der Waals surface area contributed by atoms with Gasteiger partial charge in [0.25, 0.3) is 0 Å². The Balaban J connectivity index is 2.44. The zero-order chi connectivity index (χ0) is 12.7. The van der Waals surface area contributed by atoms with E-state index in [2.05, 4.69) is 25.7 Å². The molecule has 1 rings (SSSR count). The molecule has 0 radical (unpaired) electrons. The lowest BCUT2D eigenvalue weighted by Gasteiger charge is -2.26. The molecule has 2 nitrogen and oxygen atoms in total. The van der Waals surface area contributed by atoms with Gasteiger partial charge in [-0.3, -0.25) is 4.79 Å². The summed E-state index contributed by atoms with van der Waals surface area (Å²) in [5.74, 6) is 1.48. The first-order chi connectivity index (χ1) is 8.15. The molecule has 0 spiro atoms. The van der Waals surface area contributed by atoms with Gasteiger partial charge in [0.15, 0.2) is 0 Å². The molecular formula is C15H29NO. The second-order valence-electron chi connectivity index (χ2n) is 5.84. The van der Waals surface area contributed by atoms with Gasteiger partial charge in [-0.15, -0.1) is 0 Å². The second kappa shape index (κ2) is 7.73. The predicted molar refractivity (Wildman–Crippen MR) is 72.9 cm³/mol. The lowest BCUT2D eigenvalue weighted by atomic mass is 10.0. The summed E-state index contributed by atoms with van der Waals surface area (Å²) in [4.78, 5) is 14.5. The van der Waals surface area contributed by atoms with E-state index in [1.165, 1.54) is 19.3 Å². The van der Waals surface area contributed by atoms with E-state index in [4.69, 9.17) is 0 Å². The minimum atomic E-state index is 0.346. The van der Waals surface area contributed by atoms with Gasteiger partial charge in [-0.1, -0.05) is 40.0 Å². The number of carbonyl (C=O) groups is 1. The Bertz CT molecular complexity index is 219. The van der Waals surface area contributed by atoms with Gasteiger partial charge in [0.1, 0.15) is 0 Å². The van der Waals surface area contributed by atoms with Crippen molar-refractivity contribution in [2.75, 3.05) is 13.1 Å². The molecule has 17 heavy (non-hydrogen) atoms. The van der Waals surface area contributed by atoms with Crippen molar-refractivity contribution < 1.29 is 4.79 Å². The Labute approximate surface area is 107 Å². The lowest BCUT2D eigenvalue weighted by Crippen LogP contribution is -2.37. The fourth-order valence-electron chi connectivity index (χ4n) is 2.53. The van der Waals surface area contributed by atoms with Crippen LogP contribution >= 0.6 is 0 Å². The summed E-state index contributed by atoms with van der Waals surface area (Å²) in [7, 11) is 0. The number of hydrogen-bond acceptors (Lipinski definition) is 1. The molecule has 1 saturated carbocycles. The number of unbranched alkanes of at least 4 members (excludes halogenated alkanes) is 1. The van der Waals surface area contributed by atoms with Gasteiger partial charge in [-0.25, -0.2) is 0 Å². The third-order valence-corrected chi connectivity index (χ3v) is 3.77. The largest absolute Gasteiger partial charge is 0.342 e. The highest BCUT2D eigenvalue weighted by Gasteiger charge is 2.26. The fraction of sp³-hybridized carbons (Fsp3) is 0.933. The van der Waals surface area contributed by atoms with Gasteiger partial charge in [-0.05, 0) is 31.6 Å². The first kappa shape index (κ1) is 14.5. The van der Waals surface area contributed by atoms with E-state index < -0.39 is 0 Å². The van der Waals surface area contributed by atoms with Crippen LogP contribution in [-0.2, 0) is 4.79 Å². The Hall–Kier alpha value is -0.530. The molecule has 0 atom stereocenters. The van der Waals surface area contributed by atoms with Crippen LogP contribution in [0.3, 0.4) is 0 Å². The minimum Gasteiger partial charge on any atom is -0.342 e. The van der Waals surface area contributed by atoms with Gasteiger partial charge in [-0.2, -0.15) is 0 Å². The Kier molecular flexibility index (Phi) is 6.61. The van der Waals surface area contributed by atoms with Crippen LogP contribution in [0.15, 0.2) is 0 Å². The molecule has 0 aromatic rings. The van der Waals surface area contributed by atoms with Crippen molar-refractivity contribution in [2.45, 2.75) is 65.7 Å². The molecule has 0 aliphatic heterocycles. The normalized spacial score (nSPS) is 16.7. The molecule has 0 heterocycles. The smallest absolute Gasteiger partial charge is 0.225 e. The van der Waals surface area contributed by atoms with Crippen LogP contribution in [0.4, 0.5) is 0 Å². The molecule has 0 unspecified atom stereocenters. The minimum absolute atomic E-state index is 0.346. The average Bonchev–Trinajstić information content (AvgIpc) is 2.81. The zero-order valence-electron chi connectivity index (χ0n) is 11.9. The van der Waals surface area contributed by atoms with Crippen molar-refractivity contribution in [1.82, 2.24) is 4.90 Å². The highest BCUT2D eigenvalue weighted by Crippen LogP contribution is 2.26. The van der Waals surface area contributed by atoms with Gasteiger partial charge >= 0.3 is 0 Å². The summed E-state index contributed by atoms with van der Waals surface area (Å²) in [6.07, 6.45) is 8.23. The van der Waals surface area contributed by atoms with E-state index in [1.807, 2.05) is 0 Å². The summed E-state index contributed by atoms with van der Waals surface area (Å²) < 4.78 is 0. The molecule has 100 valence electrons.